The third-order valence-electron chi connectivity index (χ3n) is 5.55. The van der Waals surface area contributed by atoms with Crippen LogP contribution in [0.15, 0.2) is 41.3 Å². The maximum absolute atomic E-state index is 13.1. The monoisotopic (exact) mass is 462 g/mol. The van der Waals surface area contributed by atoms with Crippen molar-refractivity contribution >= 4 is 35.0 Å². The molecule has 1 aliphatic heterocycles. The summed E-state index contributed by atoms with van der Waals surface area (Å²) in [6.07, 6.45) is 2.38. The first kappa shape index (κ1) is 23.8. The van der Waals surface area contributed by atoms with E-state index in [9.17, 15) is 4.79 Å². The molecular formula is C24H31ClN2O3S. The molecule has 2 aromatic carbocycles. The summed E-state index contributed by atoms with van der Waals surface area (Å²) in [5.74, 6) is 2.66. The summed E-state index contributed by atoms with van der Waals surface area (Å²) in [7, 11) is 3.29. The zero-order valence-corrected chi connectivity index (χ0v) is 20.1. The number of methoxy groups -OCH3 is 2. The van der Waals surface area contributed by atoms with E-state index in [0.29, 0.717) is 11.4 Å². The van der Waals surface area contributed by atoms with Crippen LogP contribution in [0.3, 0.4) is 0 Å². The minimum Gasteiger partial charge on any atom is -0.493 e. The molecule has 0 aliphatic carbocycles. The predicted molar refractivity (Wildman–Crippen MR) is 129 cm³/mol. The number of amides is 1. The third kappa shape index (κ3) is 6.31. The van der Waals surface area contributed by atoms with Crippen molar-refractivity contribution in [1.29, 1.82) is 0 Å². The van der Waals surface area contributed by atoms with Crippen molar-refractivity contribution in [1.82, 2.24) is 4.90 Å². The van der Waals surface area contributed by atoms with E-state index in [-0.39, 0.29) is 5.91 Å². The van der Waals surface area contributed by atoms with Crippen LogP contribution in [-0.4, -0.2) is 57.0 Å². The number of likely N-dealkylation sites (N-methyl/N-ethyl adjacent to an activating group) is 1. The average molecular weight is 463 g/mol. The van der Waals surface area contributed by atoms with Crippen molar-refractivity contribution in [3.8, 4) is 11.5 Å². The van der Waals surface area contributed by atoms with E-state index < -0.39 is 0 Å². The summed E-state index contributed by atoms with van der Waals surface area (Å²) >= 11 is 7.94. The van der Waals surface area contributed by atoms with E-state index in [1.165, 1.54) is 5.56 Å². The third-order valence-corrected chi connectivity index (χ3v) is 6.92. The normalized spacial score (nSPS) is 13.6. The smallest absolute Gasteiger partial charge is 0.228 e. The predicted octanol–water partition coefficient (Wildman–Crippen LogP) is 5.14. The first-order valence-corrected chi connectivity index (χ1v) is 12.1. The lowest BCUT2D eigenvalue weighted by molar-refractivity contribution is -0.119. The molecule has 168 valence electrons. The van der Waals surface area contributed by atoms with Crippen LogP contribution < -0.4 is 14.4 Å². The van der Waals surface area contributed by atoms with Crippen molar-refractivity contribution < 1.29 is 14.3 Å². The van der Waals surface area contributed by atoms with Crippen molar-refractivity contribution in [2.24, 2.45) is 0 Å². The van der Waals surface area contributed by atoms with Gasteiger partial charge in [-0.3, -0.25) is 4.79 Å². The average Bonchev–Trinajstić information content (AvgIpc) is 3.00. The minimum atomic E-state index is 0.177. The lowest BCUT2D eigenvalue weighted by Gasteiger charge is -2.25. The number of thioether (sulfide) groups is 1. The number of anilines is 1. The van der Waals surface area contributed by atoms with Gasteiger partial charge >= 0.3 is 0 Å². The number of carbonyl (C=O) groups excluding carboxylic acids is 1. The van der Waals surface area contributed by atoms with Crippen molar-refractivity contribution in [2.75, 3.05) is 51.1 Å². The van der Waals surface area contributed by atoms with Crippen molar-refractivity contribution in [3.63, 3.8) is 0 Å². The molecule has 1 amide bonds. The van der Waals surface area contributed by atoms with Crippen molar-refractivity contribution in [3.05, 3.63) is 47.0 Å². The Hall–Kier alpha value is -1.89. The van der Waals surface area contributed by atoms with E-state index in [2.05, 4.69) is 17.9 Å². The molecule has 0 N–H and O–H groups in total. The molecule has 0 aromatic heterocycles. The highest BCUT2D eigenvalue weighted by Crippen LogP contribution is 2.36. The summed E-state index contributed by atoms with van der Waals surface area (Å²) in [6, 6.07) is 11.8. The van der Waals surface area contributed by atoms with Gasteiger partial charge in [-0.1, -0.05) is 24.6 Å². The van der Waals surface area contributed by atoms with Crippen molar-refractivity contribution in [2.45, 2.75) is 31.1 Å². The number of ether oxygens (including phenoxy) is 2. The van der Waals surface area contributed by atoms with Crippen LogP contribution in [0.1, 0.15) is 25.3 Å². The summed E-state index contributed by atoms with van der Waals surface area (Å²) in [4.78, 5) is 18.4. The largest absolute Gasteiger partial charge is 0.493 e. The quantitative estimate of drug-likeness (QED) is 0.516. The summed E-state index contributed by atoms with van der Waals surface area (Å²) in [6.45, 7) is 5.44. The molecule has 0 saturated heterocycles. The van der Waals surface area contributed by atoms with Gasteiger partial charge in [0.1, 0.15) is 0 Å². The molecule has 1 aliphatic rings. The number of nitrogens with zero attached hydrogens (tertiary/aromatic N) is 2. The second-order valence-corrected chi connectivity index (χ2v) is 9.06. The Balaban J connectivity index is 1.57. The fourth-order valence-electron chi connectivity index (χ4n) is 3.75. The van der Waals surface area contributed by atoms with E-state index in [4.69, 9.17) is 21.1 Å². The van der Waals surface area contributed by atoms with Gasteiger partial charge in [0.15, 0.2) is 11.5 Å². The molecule has 1 heterocycles. The first-order chi connectivity index (χ1) is 15.0. The molecule has 0 radical (unpaired) electrons. The Bertz CT molecular complexity index is 893. The SMILES string of the molecule is CCN(CCC(=O)N1CCCSc2cc(Cl)ccc21)CCc1ccc(OC)c(OC)c1. The van der Waals surface area contributed by atoms with Crippen LogP contribution in [-0.2, 0) is 11.2 Å². The molecule has 0 saturated carbocycles. The van der Waals surface area contributed by atoms with E-state index in [1.807, 2.05) is 35.2 Å². The van der Waals surface area contributed by atoms with Gasteiger partial charge < -0.3 is 19.3 Å². The van der Waals surface area contributed by atoms with Gasteiger partial charge in [-0.2, -0.15) is 0 Å². The number of hydrogen-bond acceptors (Lipinski definition) is 5. The minimum absolute atomic E-state index is 0.177. The molecular weight excluding hydrogens is 432 g/mol. The molecule has 0 spiro atoms. The summed E-state index contributed by atoms with van der Waals surface area (Å²) in [5.41, 5.74) is 2.18. The summed E-state index contributed by atoms with van der Waals surface area (Å²) in [5, 5.41) is 0.716. The Labute approximate surface area is 194 Å². The fraction of sp³-hybridized carbons (Fsp3) is 0.458. The number of halogens is 1. The second-order valence-electron chi connectivity index (χ2n) is 7.48. The molecule has 3 rings (SSSR count). The Morgan fingerprint density at radius 1 is 1.13 bits per heavy atom. The summed E-state index contributed by atoms with van der Waals surface area (Å²) < 4.78 is 10.7. The highest BCUT2D eigenvalue weighted by Gasteiger charge is 2.22. The molecule has 2 aromatic rings. The second kappa shape index (κ2) is 11.7. The molecule has 31 heavy (non-hydrogen) atoms. The Morgan fingerprint density at radius 2 is 1.94 bits per heavy atom. The van der Waals surface area contributed by atoms with Gasteiger partial charge in [0.05, 0.1) is 19.9 Å². The van der Waals surface area contributed by atoms with E-state index in [0.717, 1.165) is 66.9 Å². The Morgan fingerprint density at radius 3 is 2.68 bits per heavy atom. The number of benzene rings is 2. The van der Waals surface area contributed by atoms with Crippen LogP contribution in [0.4, 0.5) is 5.69 Å². The molecule has 0 unspecified atom stereocenters. The molecule has 0 bridgehead atoms. The lowest BCUT2D eigenvalue weighted by atomic mass is 10.1. The molecule has 7 heteroatoms. The zero-order valence-electron chi connectivity index (χ0n) is 18.5. The number of hydrogen-bond donors (Lipinski definition) is 0. The van der Waals surface area contributed by atoms with E-state index in [1.54, 1.807) is 26.0 Å². The molecule has 0 atom stereocenters. The van der Waals surface area contributed by atoms with Gasteiger partial charge in [0.25, 0.3) is 0 Å². The van der Waals surface area contributed by atoms with Crippen LogP contribution in [0.5, 0.6) is 11.5 Å². The van der Waals surface area contributed by atoms with Gasteiger partial charge in [-0.05, 0) is 61.0 Å². The lowest BCUT2D eigenvalue weighted by Crippen LogP contribution is -2.36. The van der Waals surface area contributed by atoms with Gasteiger partial charge in [0.2, 0.25) is 5.91 Å². The number of rotatable bonds is 9. The zero-order chi connectivity index (χ0) is 22.2. The maximum Gasteiger partial charge on any atom is 0.228 e. The standard InChI is InChI=1S/C24H31ClN2O3S/c1-4-26(13-10-18-6-9-21(29-2)22(16-18)30-3)14-11-24(28)27-12-5-15-31-23-17-19(25)7-8-20(23)27/h6-9,16-17H,4-5,10-15H2,1-3H3. The van der Waals surface area contributed by atoms with Crippen LogP contribution in [0, 0.1) is 0 Å². The molecule has 5 nitrogen and oxygen atoms in total. The first-order valence-electron chi connectivity index (χ1n) is 10.7. The highest BCUT2D eigenvalue weighted by atomic mass is 35.5. The van der Waals surface area contributed by atoms with Gasteiger partial charge in [-0.25, -0.2) is 0 Å². The van der Waals surface area contributed by atoms with Crippen LogP contribution in [0.2, 0.25) is 5.02 Å². The maximum atomic E-state index is 13.1. The number of carbonyl (C=O) groups is 1. The molecule has 0 fully saturated rings. The van der Waals surface area contributed by atoms with Gasteiger partial charge in [-0.15, -0.1) is 11.8 Å². The van der Waals surface area contributed by atoms with Gasteiger partial charge in [0, 0.05) is 36.0 Å². The van der Waals surface area contributed by atoms with Crippen LogP contribution in [0.25, 0.3) is 0 Å². The van der Waals surface area contributed by atoms with Crippen LogP contribution >= 0.6 is 23.4 Å². The van der Waals surface area contributed by atoms with E-state index >= 15 is 0 Å². The highest BCUT2D eigenvalue weighted by molar-refractivity contribution is 7.99. The Kier molecular flexibility index (Phi) is 8.93. The number of fused-ring (bicyclic) bond motifs is 1. The fourth-order valence-corrected chi connectivity index (χ4v) is 5.02. The topological polar surface area (TPSA) is 42.0 Å².